The van der Waals surface area contributed by atoms with Crippen LogP contribution in [-0.2, 0) is 11.3 Å². The normalized spacial score (nSPS) is 13.2. The molecule has 3 aromatic rings. The zero-order valence-corrected chi connectivity index (χ0v) is 13.8. The second-order valence-electron chi connectivity index (χ2n) is 6.06. The lowest BCUT2D eigenvalue weighted by Gasteiger charge is -2.13. The number of amides is 3. The van der Waals surface area contributed by atoms with Crippen molar-refractivity contribution >= 4 is 28.6 Å². The largest absolute Gasteiger partial charge is 0.350 e. The number of benzene rings is 2. The van der Waals surface area contributed by atoms with Gasteiger partial charge in [-0.25, -0.2) is 0 Å². The monoisotopic (exact) mass is 345 g/mol. The molecule has 1 aromatic heterocycles. The topological polar surface area (TPSA) is 79.4 Å². The van der Waals surface area contributed by atoms with E-state index >= 15 is 0 Å². The van der Waals surface area contributed by atoms with E-state index in [0.29, 0.717) is 11.1 Å². The summed E-state index contributed by atoms with van der Waals surface area (Å²) >= 11 is 0. The van der Waals surface area contributed by atoms with Gasteiger partial charge >= 0.3 is 0 Å². The first-order chi connectivity index (χ1) is 12.6. The Bertz CT molecular complexity index is 1010. The van der Waals surface area contributed by atoms with Crippen molar-refractivity contribution in [2.24, 2.45) is 0 Å². The first kappa shape index (κ1) is 16.0. The van der Waals surface area contributed by atoms with E-state index < -0.39 is 17.7 Å². The van der Waals surface area contributed by atoms with Gasteiger partial charge in [-0.05, 0) is 29.8 Å². The van der Waals surface area contributed by atoms with Crippen molar-refractivity contribution < 1.29 is 14.4 Å². The molecular formula is C20H15N3O3. The molecular weight excluding hydrogens is 330 g/mol. The van der Waals surface area contributed by atoms with Gasteiger partial charge in [0.1, 0.15) is 6.54 Å². The third kappa shape index (κ3) is 2.82. The van der Waals surface area contributed by atoms with Gasteiger partial charge < -0.3 is 5.32 Å². The van der Waals surface area contributed by atoms with E-state index in [2.05, 4.69) is 10.3 Å². The third-order valence-electron chi connectivity index (χ3n) is 4.32. The Morgan fingerprint density at radius 1 is 0.962 bits per heavy atom. The van der Waals surface area contributed by atoms with E-state index in [1.807, 2.05) is 30.3 Å². The number of imide groups is 1. The third-order valence-corrected chi connectivity index (χ3v) is 4.32. The molecule has 4 rings (SSSR count). The maximum Gasteiger partial charge on any atom is 0.262 e. The molecule has 3 amide bonds. The number of nitrogens with one attached hydrogen (secondary N) is 1. The van der Waals surface area contributed by atoms with Gasteiger partial charge in [0, 0.05) is 18.1 Å². The van der Waals surface area contributed by atoms with E-state index in [1.54, 1.807) is 30.5 Å². The standard InChI is InChI=1S/C20H15N3O3/c24-18(12-23-19(25)15-6-2-3-7-16(15)20(23)26)22-11-13-9-14-5-1-4-8-17(14)21-10-13/h1-10H,11-12H2,(H,22,24). The Kier molecular flexibility index (Phi) is 3.93. The fourth-order valence-electron chi connectivity index (χ4n) is 3.00. The number of fused-ring (bicyclic) bond motifs is 2. The highest BCUT2D eigenvalue weighted by Gasteiger charge is 2.36. The summed E-state index contributed by atoms with van der Waals surface area (Å²) in [4.78, 5) is 42.1. The number of carbonyl (C=O) groups is 3. The summed E-state index contributed by atoms with van der Waals surface area (Å²) in [5.41, 5.74) is 2.40. The quantitative estimate of drug-likeness (QED) is 0.735. The maximum atomic E-state index is 12.3. The van der Waals surface area contributed by atoms with Gasteiger partial charge in [0.15, 0.2) is 0 Å². The van der Waals surface area contributed by atoms with E-state index in [9.17, 15) is 14.4 Å². The number of hydrogen-bond acceptors (Lipinski definition) is 4. The molecule has 128 valence electrons. The molecule has 26 heavy (non-hydrogen) atoms. The average molecular weight is 345 g/mol. The smallest absolute Gasteiger partial charge is 0.262 e. The van der Waals surface area contributed by atoms with Crippen molar-refractivity contribution in [3.8, 4) is 0 Å². The van der Waals surface area contributed by atoms with E-state index in [-0.39, 0.29) is 13.1 Å². The van der Waals surface area contributed by atoms with Crippen molar-refractivity contribution in [1.82, 2.24) is 15.2 Å². The Morgan fingerprint density at radius 2 is 1.62 bits per heavy atom. The van der Waals surface area contributed by atoms with E-state index in [1.165, 1.54) is 0 Å². The number of hydrogen-bond donors (Lipinski definition) is 1. The molecule has 0 saturated carbocycles. The van der Waals surface area contributed by atoms with Crippen LogP contribution in [0.3, 0.4) is 0 Å². The summed E-state index contributed by atoms with van der Waals surface area (Å²) in [5.74, 6) is -1.27. The summed E-state index contributed by atoms with van der Waals surface area (Å²) in [6, 6.07) is 16.2. The van der Waals surface area contributed by atoms with Crippen LogP contribution in [0.15, 0.2) is 60.8 Å². The molecule has 0 saturated heterocycles. The molecule has 0 fully saturated rings. The van der Waals surface area contributed by atoms with Crippen LogP contribution >= 0.6 is 0 Å². The fourth-order valence-corrected chi connectivity index (χ4v) is 3.00. The fraction of sp³-hybridized carbons (Fsp3) is 0.100. The van der Waals surface area contributed by atoms with E-state index in [4.69, 9.17) is 0 Å². The lowest BCUT2D eigenvalue weighted by atomic mass is 10.1. The first-order valence-corrected chi connectivity index (χ1v) is 8.19. The van der Waals surface area contributed by atoms with Gasteiger partial charge in [-0.1, -0.05) is 30.3 Å². The highest BCUT2D eigenvalue weighted by Crippen LogP contribution is 2.22. The van der Waals surface area contributed by atoms with Crippen molar-refractivity contribution in [1.29, 1.82) is 0 Å². The van der Waals surface area contributed by atoms with E-state index in [0.717, 1.165) is 21.4 Å². The second kappa shape index (κ2) is 6.40. The van der Waals surface area contributed by atoms with Crippen molar-refractivity contribution in [2.75, 3.05) is 6.54 Å². The number of para-hydroxylation sites is 1. The minimum Gasteiger partial charge on any atom is -0.350 e. The van der Waals surface area contributed by atoms with Crippen LogP contribution in [-0.4, -0.2) is 34.2 Å². The molecule has 0 aliphatic carbocycles. The molecule has 6 nitrogen and oxygen atoms in total. The molecule has 2 heterocycles. The zero-order valence-electron chi connectivity index (χ0n) is 13.8. The molecule has 0 bridgehead atoms. The minimum atomic E-state index is -0.437. The average Bonchev–Trinajstić information content (AvgIpc) is 2.91. The Balaban J connectivity index is 1.41. The molecule has 1 N–H and O–H groups in total. The van der Waals surface area contributed by atoms with Gasteiger partial charge in [-0.2, -0.15) is 0 Å². The van der Waals surface area contributed by atoms with Crippen molar-refractivity contribution in [3.63, 3.8) is 0 Å². The summed E-state index contributed by atoms with van der Waals surface area (Å²) in [5, 5.41) is 3.72. The molecule has 1 aliphatic heterocycles. The van der Waals surface area contributed by atoms with Gasteiger partial charge in [0.2, 0.25) is 5.91 Å². The molecule has 0 atom stereocenters. The molecule has 0 unspecified atom stereocenters. The predicted molar refractivity (Wildman–Crippen MR) is 95.4 cm³/mol. The maximum absolute atomic E-state index is 12.3. The minimum absolute atomic E-state index is 0.278. The van der Waals surface area contributed by atoms with Gasteiger partial charge in [0.05, 0.1) is 16.6 Å². The SMILES string of the molecule is O=C(CN1C(=O)c2ccccc2C1=O)NCc1cnc2ccccc2c1. The zero-order chi connectivity index (χ0) is 18.1. The molecule has 1 aliphatic rings. The molecule has 0 spiro atoms. The highest BCUT2D eigenvalue weighted by atomic mass is 16.2. The van der Waals surface area contributed by atoms with Crippen molar-refractivity contribution in [3.05, 3.63) is 77.5 Å². The Hall–Kier alpha value is -3.54. The Morgan fingerprint density at radius 3 is 2.35 bits per heavy atom. The summed E-state index contributed by atoms with van der Waals surface area (Å²) in [7, 11) is 0. The number of aromatic nitrogens is 1. The number of carbonyl (C=O) groups excluding carboxylic acids is 3. The highest BCUT2D eigenvalue weighted by molar-refractivity contribution is 6.22. The Labute approximate surface area is 149 Å². The van der Waals surface area contributed by atoms with Gasteiger partial charge in [0.25, 0.3) is 11.8 Å². The van der Waals surface area contributed by atoms with Crippen LogP contribution in [0.25, 0.3) is 10.9 Å². The summed E-state index contributed by atoms with van der Waals surface area (Å²) < 4.78 is 0. The van der Waals surface area contributed by atoms with Crippen LogP contribution in [0.5, 0.6) is 0 Å². The van der Waals surface area contributed by atoms with Gasteiger partial charge in [-0.15, -0.1) is 0 Å². The van der Waals surface area contributed by atoms with Crippen LogP contribution in [0.1, 0.15) is 26.3 Å². The number of pyridine rings is 1. The number of rotatable bonds is 4. The second-order valence-corrected chi connectivity index (χ2v) is 6.06. The molecule has 6 heteroatoms. The van der Waals surface area contributed by atoms with Crippen LogP contribution in [0.4, 0.5) is 0 Å². The lowest BCUT2D eigenvalue weighted by molar-refractivity contribution is -0.121. The lowest BCUT2D eigenvalue weighted by Crippen LogP contribution is -2.40. The summed E-state index contributed by atoms with van der Waals surface area (Å²) in [6.07, 6.45) is 1.70. The van der Waals surface area contributed by atoms with Gasteiger partial charge in [-0.3, -0.25) is 24.3 Å². The van der Waals surface area contributed by atoms with Crippen molar-refractivity contribution in [2.45, 2.75) is 6.54 Å². The molecule has 0 radical (unpaired) electrons. The predicted octanol–water partition coefficient (Wildman–Crippen LogP) is 2.15. The van der Waals surface area contributed by atoms with Crippen LogP contribution in [0.2, 0.25) is 0 Å². The molecule has 2 aromatic carbocycles. The van der Waals surface area contributed by atoms with Crippen LogP contribution < -0.4 is 5.32 Å². The number of nitrogens with zero attached hydrogens (tertiary/aromatic N) is 2. The first-order valence-electron chi connectivity index (χ1n) is 8.19. The van der Waals surface area contributed by atoms with Crippen LogP contribution in [0, 0.1) is 0 Å². The summed E-state index contributed by atoms with van der Waals surface area (Å²) in [6.45, 7) is -0.0206.